The number of unbranched alkanes of at least 4 members (excludes halogenated alkanes) is 1. The summed E-state index contributed by atoms with van der Waals surface area (Å²) >= 11 is 4.54. The molecule has 0 unspecified atom stereocenters. The average Bonchev–Trinajstić information content (AvgIpc) is 2.58. The van der Waals surface area contributed by atoms with Crippen molar-refractivity contribution in [2.45, 2.75) is 37.9 Å². The van der Waals surface area contributed by atoms with Gasteiger partial charge in [-0.2, -0.15) is 12.6 Å². The van der Waals surface area contributed by atoms with Gasteiger partial charge in [0, 0.05) is 22.1 Å². The second kappa shape index (κ2) is 7.44. The lowest BCUT2D eigenvalue weighted by molar-refractivity contribution is 0.0956. The SMILES string of the molecule is CC(C)(S)CCCCNC(=O)c1c2ccccc2nc2ccccc12. The molecule has 4 heteroatoms. The van der Waals surface area contributed by atoms with Crippen LogP contribution in [0.15, 0.2) is 48.5 Å². The molecule has 0 atom stereocenters. The van der Waals surface area contributed by atoms with Crippen LogP contribution >= 0.6 is 12.6 Å². The van der Waals surface area contributed by atoms with Crippen molar-refractivity contribution in [2.75, 3.05) is 6.54 Å². The molecule has 3 nitrogen and oxygen atoms in total. The fourth-order valence-electron chi connectivity index (χ4n) is 3.06. The summed E-state index contributed by atoms with van der Waals surface area (Å²) in [5, 5.41) is 4.87. The molecule has 1 amide bonds. The Labute approximate surface area is 154 Å². The van der Waals surface area contributed by atoms with Gasteiger partial charge in [0.05, 0.1) is 16.6 Å². The number of amides is 1. The lowest BCUT2D eigenvalue weighted by Gasteiger charge is -2.16. The third kappa shape index (κ3) is 4.31. The van der Waals surface area contributed by atoms with E-state index in [1.807, 2.05) is 48.5 Å². The highest BCUT2D eigenvalue weighted by Gasteiger charge is 2.15. The Balaban J connectivity index is 1.82. The molecule has 0 aliphatic rings. The van der Waals surface area contributed by atoms with E-state index in [4.69, 9.17) is 0 Å². The molecule has 3 rings (SSSR count). The summed E-state index contributed by atoms with van der Waals surface area (Å²) in [6, 6.07) is 15.6. The van der Waals surface area contributed by atoms with E-state index in [1.54, 1.807) is 0 Å². The smallest absolute Gasteiger partial charge is 0.252 e. The summed E-state index contributed by atoms with van der Waals surface area (Å²) in [7, 11) is 0. The number of aromatic nitrogens is 1. The third-order valence-corrected chi connectivity index (χ3v) is 4.54. The van der Waals surface area contributed by atoms with Gasteiger partial charge < -0.3 is 5.32 Å². The maximum Gasteiger partial charge on any atom is 0.252 e. The number of hydrogen-bond donors (Lipinski definition) is 2. The molecule has 0 radical (unpaired) electrons. The van der Waals surface area contributed by atoms with E-state index < -0.39 is 0 Å². The molecule has 0 fully saturated rings. The summed E-state index contributed by atoms with van der Waals surface area (Å²) in [4.78, 5) is 17.5. The predicted molar refractivity (Wildman–Crippen MR) is 108 cm³/mol. The fraction of sp³-hybridized carbons (Fsp3) is 0.333. The standard InChI is InChI=1S/C21H24N2OS/c1-21(2,25)13-7-8-14-22-20(24)19-15-9-3-5-11-17(15)23-18-12-6-4-10-16(18)19/h3-6,9-12,25H,7-8,13-14H2,1-2H3,(H,22,24). The lowest BCUT2D eigenvalue weighted by Crippen LogP contribution is -2.25. The van der Waals surface area contributed by atoms with Crippen molar-refractivity contribution < 1.29 is 4.79 Å². The summed E-state index contributed by atoms with van der Waals surface area (Å²) in [5.41, 5.74) is 2.42. The molecule has 2 aromatic carbocycles. The maximum absolute atomic E-state index is 12.9. The van der Waals surface area contributed by atoms with Crippen LogP contribution in [-0.2, 0) is 0 Å². The Hall–Kier alpha value is -2.07. The summed E-state index contributed by atoms with van der Waals surface area (Å²) in [5.74, 6) is -0.0278. The molecule has 3 aromatic rings. The van der Waals surface area contributed by atoms with Gasteiger partial charge in [-0.05, 0) is 25.0 Å². The predicted octanol–water partition coefficient (Wildman–Crippen LogP) is 5.00. The van der Waals surface area contributed by atoms with E-state index in [9.17, 15) is 4.79 Å². The largest absolute Gasteiger partial charge is 0.352 e. The summed E-state index contributed by atoms with van der Waals surface area (Å²) in [6.45, 7) is 4.90. The molecule has 1 heterocycles. The van der Waals surface area contributed by atoms with E-state index in [0.717, 1.165) is 46.6 Å². The Morgan fingerprint density at radius 1 is 1.00 bits per heavy atom. The zero-order valence-electron chi connectivity index (χ0n) is 14.7. The quantitative estimate of drug-likeness (QED) is 0.372. The van der Waals surface area contributed by atoms with Crippen molar-refractivity contribution in [2.24, 2.45) is 0 Å². The monoisotopic (exact) mass is 352 g/mol. The van der Waals surface area contributed by atoms with Crippen molar-refractivity contribution in [1.29, 1.82) is 0 Å². The van der Waals surface area contributed by atoms with Crippen LogP contribution in [-0.4, -0.2) is 22.2 Å². The molecule has 0 spiro atoms. The van der Waals surface area contributed by atoms with Gasteiger partial charge in [-0.3, -0.25) is 4.79 Å². The Morgan fingerprint density at radius 3 is 2.12 bits per heavy atom. The Morgan fingerprint density at radius 2 is 1.56 bits per heavy atom. The van der Waals surface area contributed by atoms with Crippen molar-refractivity contribution in [1.82, 2.24) is 10.3 Å². The molecule has 0 bridgehead atoms. The number of para-hydroxylation sites is 2. The molecular weight excluding hydrogens is 328 g/mol. The van der Waals surface area contributed by atoms with Crippen molar-refractivity contribution in [3.05, 3.63) is 54.1 Å². The van der Waals surface area contributed by atoms with Gasteiger partial charge in [0.15, 0.2) is 0 Å². The number of pyridine rings is 1. The lowest BCUT2D eigenvalue weighted by atomic mass is 10.0. The first-order valence-corrected chi connectivity index (χ1v) is 9.18. The van der Waals surface area contributed by atoms with Gasteiger partial charge in [0.25, 0.3) is 5.91 Å². The van der Waals surface area contributed by atoms with Gasteiger partial charge in [-0.15, -0.1) is 0 Å². The highest BCUT2D eigenvalue weighted by molar-refractivity contribution is 7.81. The number of fused-ring (bicyclic) bond motifs is 2. The van der Waals surface area contributed by atoms with Gasteiger partial charge in [-0.25, -0.2) is 4.98 Å². The van der Waals surface area contributed by atoms with Crippen LogP contribution in [0, 0.1) is 0 Å². The highest BCUT2D eigenvalue weighted by Crippen LogP contribution is 2.26. The van der Waals surface area contributed by atoms with Crippen LogP contribution < -0.4 is 5.32 Å². The first kappa shape index (κ1) is 17.7. The minimum Gasteiger partial charge on any atom is -0.352 e. The van der Waals surface area contributed by atoms with Crippen molar-refractivity contribution in [3.63, 3.8) is 0 Å². The number of thiol groups is 1. The number of nitrogens with one attached hydrogen (secondary N) is 1. The van der Waals surface area contributed by atoms with E-state index >= 15 is 0 Å². The average molecular weight is 353 g/mol. The van der Waals surface area contributed by atoms with E-state index in [2.05, 4.69) is 36.8 Å². The number of carbonyl (C=O) groups excluding carboxylic acids is 1. The number of nitrogens with zero attached hydrogens (tertiary/aromatic N) is 1. The van der Waals surface area contributed by atoms with Gasteiger partial charge in [-0.1, -0.05) is 56.7 Å². The number of carbonyl (C=O) groups is 1. The highest BCUT2D eigenvalue weighted by atomic mass is 32.1. The Kier molecular flexibility index (Phi) is 5.28. The van der Waals surface area contributed by atoms with E-state index in [0.29, 0.717) is 6.54 Å². The van der Waals surface area contributed by atoms with Gasteiger partial charge in [0.2, 0.25) is 0 Å². The van der Waals surface area contributed by atoms with Crippen LogP contribution in [0.25, 0.3) is 21.8 Å². The van der Waals surface area contributed by atoms with Crippen LogP contribution in [0.2, 0.25) is 0 Å². The van der Waals surface area contributed by atoms with Crippen molar-refractivity contribution in [3.8, 4) is 0 Å². The van der Waals surface area contributed by atoms with Crippen LogP contribution in [0.1, 0.15) is 43.5 Å². The molecular formula is C21H24N2OS. The summed E-state index contributed by atoms with van der Waals surface area (Å²) < 4.78 is 0.0432. The zero-order chi connectivity index (χ0) is 17.9. The molecule has 1 N–H and O–H groups in total. The van der Waals surface area contributed by atoms with Crippen molar-refractivity contribution >= 4 is 40.3 Å². The first-order chi connectivity index (χ1) is 12.0. The van der Waals surface area contributed by atoms with Gasteiger partial charge >= 0.3 is 0 Å². The molecule has 0 aliphatic carbocycles. The number of hydrogen-bond acceptors (Lipinski definition) is 3. The molecule has 25 heavy (non-hydrogen) atoms. The maximum atomic E-state index is 12.9. The molecule has 1 aromatic heterocycles. The second-order valence-corrected chi connectivity index (χ2v) is 8.26. The topological polar surface area (TPSA) is 42.0 Å². The molecule has 0 saturated carbocycles. The molecule has 0 aliphatic heterocycles. The number of rotatable bonds is 6. The minimum atomic E-state index is -0.0278. The van der Waals surface area contributed by atoms with Crippen LogP contribution in [0.3, 0.4) is 0 Å². The van der Waals surface area contributed by atoms with Crippen LogP contribution in [0.4, 0.5) is 0 Å². The normalized spacial score (nSPS) is 11.8. The van der Waals surface area contributed by atoms with Crippen LogP contribution in [0.5, 0.6) is 0 Å². The minimum absolute atomic E-state index is 0.0278. The Bertz CT molecular complexity index is 845. The summed E-state index contributed by atoms with van der Waals surface area (Å²) in [6.07, 6.45) is 3.04. The molecule has 130 valence electrons. The molecule has 0 saturated heterocycles. The van der Waals surface area contributed by atoms with E-state index in [1.165, 1.54) is 0 Å². The fourth-order valence-corrected chi connectivity index (χ4v) is 3.22. The second-order valence-electron chi connectivity index (χ2n) is 7.05. The third-order valence-electron chi connectivity index (χ3n) is 4.32. The zero-order valence-corrected chi connectivity index (χ0v) is 15.6. The number of benzene rings is 2. The van der Waals surface area contributed by atoms with E-state index in [-0.39, 0.29) is 10.7 Å². The van der Waals surface area contributed by atoms with Gasteiger partial charge in [0.1, 0.15) is 0 Å². The first-order valence-electron chi connectivity index (χ1n) is 8.74.